The van der Waals surface area contributed by atoms with Gasteiger partial charge in [-0.25, -0.2) is 4.98 Å². The van der Waals surface area contributed by atoms with Crippen LogP contribution >= 0.6 is 0 Å². The van der Waals surface area contributed by atoms with E-state index in [0.29, 0.717) is 5.39 Å². The summed E-state index contributed by atoms with van der Waals surface area (Å²) in [6, 6.07) is 4.30. The zero-order valence-corrected chi connectivity index (χ0v) is 11.4. The standard InChI is InChI=1S/C15H19N3O/c1-9-3-6-13-14(10(9)2)17-8-18(15(13)19)12-5-4-11(16)7-12/h3,6,8,11-12H,4-5,7,16H2,1-2H3/t11-,12-/m1/s1. The zero-order valence-electron chi connectivity index (χ0n) is 11.4. The quantitative estimate of drug-likeness (QED) is 0.850. The van der Waals surface area contributed by atoms with Gasteiger partial charge in [-0.05, 0) is 50.3 Å². The smallest absolute Gasteiger partial charge is 0.261 e. The van der Waals surface area contributed by atoms with Gasteiger partial charge in [0.15, 0.2) is 0 Å². The number of hydrogen-bond donors (Lipinski definition) is 1. The van der Waals surface area contributed by atoms with Gasteiger partial charge in [-0.2, -0.15) is 0 Å². The second-order valence-electron chi connectivity index (χ2n) is 5.59. The minimum atomic E-state index is 0.0622. The van der Waals surface area contributed by atoms with Crippen molar-refractivity contribution < 1.29 is 0 Å². The molecule has 2 N–H and O–H groups in total. The Balaban J connectivity index is 2.17. The predicted octanol–water partition coefficient (Wildman–Crippen LogP) is 2.07. The molecule has 1 saturated carbocycles. The number of aromatic nitrogens is 2. The van der Waals surface area contributed by atoms with Gasteiger partial charge in [0.25, 0.3) is 5.56 Å². The van der Waals surface area contributed by atoms with Crippen LogP contribution in [0.1, 0.15) is 36.4 Å². The molecule has 0 aliphatic heterocycles. The minimum Gasteiger partial charge on any atom is -0.328 e. The third-order valence-corrected chi connectivity index (χ3v) is 4.32. The lowest BCUT2D eigenvalue weighted by Crippen LogP contribution is -2.25. The molecule has 0 saturated heterocycles. The topological polar surface area (TPSA) is 60.9 Å². The Morgan fingerprint density at radius 1 is 1.32 bits per heavy atom. The van der Waals surface area contributed by atoms with Crippen LogP contribution in [0.2, 0.25) is 0 Å². The SMILES string of the molecule is Cc1ccc2c(=O)n([C@@H]3CC[C@@H](N)C3)cnc2c1C. The molecule has 0 bridgehead atoms. The number of hydrogen-bond acceptors (Lipinski definition) is 3. The van der Waals surface area contributed by atoms with Gasteiger partial charge in [0.1, 0.15) is 0 Å². The molecule has 2 aromatic rings. The molecule has 1 aliphatic carbocycles. The van der Waals surface area contributed by atoms with E-state index in [9.17, 15) is 4.79 Å². The lowest BCUT2D eigenvalue weighted by molar-refractivity contribution is 0.491. The van der Waals surface area contributed by atoms with E-state index in [-0.39, 0.29) is 17.6 Å². The first-order valence-corrected chi connectivity index (χ1v) is 6.80. The van der Waals surface area contributed by atoms with Crippen molar-refractivity contribution in [3.8, 4) is 0 Å². The van der Waals surface area contributed by atoms with E-state index in [1.807, 2.05) is 26.0 Å². The summed E-state index contributed by atoms with van der Waals surface area (Å²) >= 11 is 0. The Morgan fingerprint density at radius 2 is 2.11 bits per heavy atom. The molecule has 0 unspecified atom stereocenters. The second kappa shape index (κ2) is 4.46. The van der Waals surface area contributed by atoms with E-state index in [1.165, 1.54) is 5.56 Å². The fraction of sp³-hybridized carbons (Fsp3) is 0.467. The average Bonchev–Trinajstić information content (AvgIpc) is 2.81. The third-order valence-electron chi connectivity index (χ3n) is 4.32. The Labute approximate surface area is 112 Å². The fourth-order valence-electron chi connectivity index (χ4n) is 2.96. The van der Waals surface area contributed by atoms with E-state index in [0.717, 1.165) is 30.3 Å². The van der Waals surface area contributed by atoms with Crippen molar-refractivity contribution in [1.82, 2.24) is 9.55 Å². The first-order chi connectivity index (χ1) is 9.08. The summed E-state index contributed by atoms with van der Waals surface area (Å²) in [7, 11) is 0. The van der Waals surface area contributed by atoms with Crippen molar-refractivity contribution >= 4 is 10.9 Å². The molecule has 1 fully saturated rings. The Morgan fingerprint density at radius 3 is 2.79 bits per heavy atom. The lowest BCUT2D eigenvalue weighted by Gasteiger charge is -2.14. The van der Waals surface area contributed by atoms with Crippen LogP contribution < -0.4 is 11.3 Å². The minimum absolute atomic E-state index is 0.0622. The number of benzene rings is 1. The molecule has 2 atom stereocenters. The van der Waals surface area contributed by atoms with Crippen molar-refractivity contribution in [2.45, 2.75) is 45.2 Å². The highest BCUT2D eigenvalue weighted by Gasteiger charge is 2.24. The molecule has 1 aromatic carbocycles. The summed E-state index contributed by atoms with van der Waals surface area (Å²) in [6.45, 7) is 4.05. The highest BCUT2D eigenvalue weighted by atomic mass is 16.1. The molecule has 19 heavy (non-hydrogen) atoms. The summed E-state index contributed by atoms with van der Waals surface area (Å²) in [5, 5.41) is 0.714. The Hall–Kier alpha value is -1.68. The summed E-state index contributed by atoms with van der Waals surface area (Å²) in [4.78, 5) is 17.1. The summed E-state index contributed by atoms with van der Waals surface area (Å²) in [6.07, 6.45) is 4.53. The first kappa shape index (κ1) is 12.4. The maximum absolute atomic E-state index is 12.6. The van der Waals surface area contributed by atoms with Crippen LogP contribution in [0, 0.1) is 13.8 Å². The van der Waals surface area contributed by atoms with Crippen LogP contribution in [0.4, 0.5) is 0 Å². The van der Waals surface area contributed by atoms with Gasteiger partial charge in [0, 0.05) is 12.1 Å². The highest BCUT2D eigenvalue weighted by Crippen LogP contribution is 2.28. The molecule has 3 rings (SSSR count). The monoisotopic (exact) mass is 257 g/mol. The van der Waals surface area contributed by atoms with Crippen LogP contribution in [0.3, 0.4) is 0 Å². The van der Waals surface area contributed by atoms with Crippen LogP contribution in [0.25, 0.3) is 10.9 Å². The summed E-state index contributed by atoms with van der Waals surface area (Å²) < 4.78 is 1.77. The molecule has 1 heterocycles. The van der Waals surface area contributed by atoms with Crippen molar-refractivity contribution in [3.63, 3.8) is 0 Å². The molecular weight excluding hydrogens is 238 g/mol. The molecule has 0 spiro atoms. The van der Waals surface area contributed by atoms with Crippen molar-refractivity contribution in [1.29, 1.82) is 0 Å². The number of fused-ring (bicyclic) bond motifs is 1. The molecule has 0 radical (unpaired) electrons. The van der Waals surface area contributed by atoms with Gasteiger partial charge in [-0.3, -0.25) is 9.36 Å². The summed E-state index contributed by atoms with van der Waals surface area (Å²) in [5.41, 5.74) is 9.07. The van der Waals surface area contributed by atoms with E-state index < -0.39 is 0 Å². The van der Waals surface area contributed by atoms with Crippen LogP contribution in [0.15, 0.2) is 23.3 Å². The van der Waals surface area contributed by atoms with E-state index in [2.05, 4.69) is 4.98 Å². The molecule has 1 aliphatic rings. The number of rotatable bonds is 1. The third kappa shape index (κ3) is 1.96. The average molecular weight is 257 g/mol. The fourth-order valence-corrected chi connectivity index (χ4v) is 2.96. The van der Waals surface area contributed by atoms with Crippen molar-refractivity contribution in [2.24, 2.45) is 5.73 Å². The largest absolute Gasteiger partial charge is 0.328 e. The molecule has 4 nitrogen and oxygen atoms in total. The first-order valence-electron chi connectivity index (χ1n) is 6.80. The van der Waals surface area contributed by atoms with Crippen molar-refractivity contribution in [3.05, 3.63) is 39.9 Å². The molecule has 0 amide bonds. The van der Waals surface area contributed by atoms with E-state index >= 15 is 0 Å². The van der Waals surface area contributed by atoms with Crippen molar-refractivity contribution in [2.75, 3.05) is 0 Å². The number of nitrogens with two attached hydrogens (primary N) is 1. The zero-order chi connectivity index (χ0) is 13.6. The highest BCUT2D eigenvalue weighted by molar-refractivity contribution is 5.81. The van der Waals surface area contributed by atoms with Gasteiger partial charge in [0.2, 0.25) is 0 Å². The number of nitrogens with zero attached hydrogens (tertiary/aromatic N) is 2. The van der Waals surface area contributed by atoms with Gasteiger partial charge in [0.05, 0.1) is 17.2 Å². The Kier molecular flexibility index (Phi) is 2.90. The van der Waals surface area contributed by atoms with Gasteiger partial charge >= 0.3 is 0 Å². The summed E-state index contributed by atoms with van der Waals surface area (Å²) in [5.74, 6) is 0. The maximum Gasteiger partial charge on any atom is 0.261 e. The Bertz CT molecular complexity index is 690. The van der Waals surface area contributed by atoms with Gasteiger partial charge in [-0.1, -0.05) is 6.07 Å². The lowest BCUT2D eigenvalue weighted by atomic mass is 10.1. The molecule has 100 valence electrons. The van der Waals surface area contributed by atoms with Crippen LogP contribution in [-0.2, 0) is 0 Å². The second-order valence-corrected chi connectivity index (χ2v) is 5.59. The van der Waals surface area contributed by atoms with Crippen LogP contribution in [0.5, 0.6) is 0 Å². The van der Waals surface area contributed by atoms with Crippen LogP contribution in [-0.4, -0.2) is 15.6 Å². The molecular formula is C15H19N3O. The van der Waals surface area contributed by atoms with E-state index in [1.54, 1.807) is 10.9 Å². The normalized spacial score (nSPS) is 23.1. The van der Waals surface area contributed by atoms with E-state index in [4.69, 9.17) is 5.73 Å². The molecule has 4 heteroatoms. The number of aryl methyl sites for hydroxylation is 2. The van der Waals surface area contributed by atoms with Gasteiger partial charge < -0.3 is 5.73 Å². The predicted molar refractivity (Wildman–Crippen MR) is 76.3 cm³/mol. The molecule has 1 aromatic heterocycles. The maximum atomic E-state index is 12.6. The van der Waals surface area contributed by atoms with Gasteiger partial charge in [-0.15, -0.1) is 0 Å².